The predicted molar refractivity (Wildman–Crippen MR) is 124 cm³/mol. The van der Waals surface area contributed by atoms with E-state index in [-0.39, 0.29) is 43.4 Å². The third-order valence-corrected chi connectivity index (χ3v) is 6.15. The minimum absolute atomic E-state index is 0. The van der Waals surface area contributed by atoms with Crippen LogP contribution in [0.5, 0.6) is 5.88 Å². The van der Waals surface area contributed by atoms with Gasteiger partial charge in [-0.3, -0.25) is 15.1 Å². The average molecular weight is 475 g/mol. The van der Waals surface area contributed by atoms with E-state index in [2.05, 4.69) is 30.5 Å². The molecule has 0 saturated heterocycles. The van der Waals surface area contributed by atoms with Crippen molar-refractivity contribution in [2.45, 2.75) is 45.6 Å². The first-order valence-electron chi connectivity index (χ1n) is 11.4. The van der Waals surface area contributed by atoms with E-state index in [0.717, 1.165) is 42.8 Å². The molecule has 0 fully saturated rings. The highest BCUT2D eigenvalue weighted by Crippen LogP contribution is 2.30. The van der Waals surface area contributed by atoms with Gasteiger partial charge in [0, 0.05) is 20.2 Å². The Hall–Kier alpha value is -3.34. The summed E-state index contributed by atoms with van der Waals surface area (Å²) >= 11 is 0. The molecule has 1 aliphatic carbocycles. The number of hydrogen-bond donors (Lipinski definition) is 2. The Labute approximate surface area is 198 Å². The first kappa shape index (κ1) is 23.8. The smallest absolute Gasteiger partial charge is 0.413 e. The van der Waals surface area contributed by atoms with Crippen LogP contribution in [0.15, 0.2) is 12.4 Å². The largest absolute Gasteiger partial charge is 0.465 e. The number of carbonyl (C=O) groups is 2. The van der Waals surface area contributed by atoms with Crippen molar-refractivity contribution in [3.8, 4) is 5.88 Å². The zero-order valence-electron chi connectivity index (χ0n) is 19.6. The Morgan fingerprint density at radius 2 is 2.18 bits per heavy atom. The second kappa shape index (κ2) is 10.3. The summed E-state index contributed by atoms with van der Waals surface area (Å²) in [4.78, 5) is 38.3. The topological polar surface area (TPSA) is 119 Å². The summed E-state index contributed by atoms with van der Waals surface area (Å²) in [5, 5.41) is 5.08. The Bertz CT molecular complexity index is 1060. The molecule has 2 aliphatic rings. The fourth-order valence-corrected chi connectivity index (χ4v) is 4.40. The lowest BCUT2D eigenvalue weighted by Crippen LogP contribution is -2.31. The summed E-state index contributed by atoms with van der Waals surface area (Å²) in [5.74, 6) is 0.299. The Balaban J connectivity index is 0.00000342. The fourth-order valence-electron chi connectivity index (χ4n) is 4.40. The zero-order chi connectivity index (χ0) is 24.2. The molecule has 4 rings (SSSR count). The summed E-state index contributed by atoms with van der Waals surface area (Å²) in [5.41, 5.74) is 2.75. The molecule has 2 amide bonds. The number of pyridine rings is 1. The molecule has 184 valence electrons. The Morgan fingerprint density at radius 1 is 1.38 bits per heavy atom. The number of anilines is 2. The van der Waals surface area contributed by atoms with Crippen LogP contribution in [0.3, 0.4) is 0 Å². The van der Waals surface area contributed by atoms with Gasteiger partial charge in [0.25, 0.3) is 11.8 Å². The molecule has 2 atom stereocenters. The zero-order valence-corrected chi connectivity index (χ0v) is 19.6. The molecule has 1 aliphatic heterocycles. The number of hydrogen-bond acceptors (Lipinski definition) is 8. The second-order valence-electron chi connectivity index (χ2n) is 8.78. The summed E-state index contributed by atoms with van der Waals surface area (Å²) < 4.78 is 24.8. The van der Waals surface area contributed by atoms with Crippen molar-refractivity contribution in [3.05, 3.63) is 35.0 Å². The van der Waals surface area contributed by atoms with Crippen LogP contribution in [0.1, 0.15) is 38.0 Å². The molecule has 10 nitrogen and oxygen atoms in total. The third-order valence-electron chi connectivity index (χ3n) is 6.15. The molecule has 2 unspecified atom stereocenters. The molecule has 0 aromatic carbocycles. The van der Waals surface area contributed by atoms with Crippen LogP contribution >= 0.6 is 0 Å². The highest BCUT2D eigenvalue weighted by atomic mass is 19.1. The first-order valence-corrected chi connectivity index (χ1v) is 11.4. The molecule has 34 heavy (non-hydrogen) atoms. The lowest BCUT2D eigenvalue weighted by Gasteiger charge is -2.23. The number of halogens is 1. The Kier molecular flexibility index (Phi) is 7.20. The second-order valence-corrected chi connectivity index (χ2v) is 8.78. The van der Waals surface area contributed by atoms with E-state index in [1.807, 2.05) is 20.9 Å². The van der Waals surface area contributed by atoms with Gasteiger partial charge in [-0.1, -0.05) is 6.92 Å². The van der Waals surface area contributed by atoms with Gasteiger partial charge in [-0.2, -0.15) is 0 Å². The van der Waals surface area contributed by atoms with Gasteiger partial charge in [0.2, 0.25) is 0 Å². The van der Waals surface area contributed by atoms with Gasteiger partial charge < -0.3 is 19.7 Å². The van der Waals surface area contributed by atoms with Crippen molar-refractivity contribution in [2.75, 3.05) is 37.4 Å². The van der Waals surface area contributed by atoms with Crippen molar-refractivity contribution in [1.29, 1.82) is 0 Å². The van der Waals surface area contributed by atoms with Crippen molar-refractivity contribution in [3.63, 3.8) is 0 Å². The third kappa shape index (κ3) is 5.58. The van der Waals surface area contributed by atoms with Crippen molar-refractivity contribution in [2.24, 2.45) is 5.92 Å². The average Bonchev–Trinajstić information content (AvgIpc) is 3.23. The minimum Gasteiger partial charge on any atom is -0.465 e. The van der Waals surface area contributed by atoms with E-state index in [1.54, 1.807) is 0 Å². The van der Waals surface area contributed by atoms with E-state index in [9.17, 15) is 14.0 Å². The van der Waals surface area contributed by atoms with Gasteiger partial charge in [0.05, 0.1) is 12.4 Å². The van der Waals surface area contributed by atoms with Gasteiger partial charge in [-0.05, 0) is 56.7 Å². The molecule has 11 heteroatoms. The standard InChI is InChI=1S/C23H29FN6O4.H2/c1-4-15(34-23(32)28-19-10-26-22-21(27-19)29-20(31)12-33-22)5-6-30(3)11-14-7-16-13(2)25-9-18(24)17(16)8-14;/h9-10,14-15H,4-8,11-12H2,1-3H3,(H2,27,28,29,31,32);1H. The maximum absolute atomic E-state index is 14.1. The SMILES string of the molecule is CCC(CCN(C)CC1Cc2c(F)cnc(C)c2C1)OC(=O)Nc1cnc2c(n1)NC(=O)CO2.[HH]. The summed E-state index contributed by atoms with van der Waals surface area (Å²) in [6, 6.07) is 0. The molecule has 0 saturated carbocycles. The minimum atomic E-state index is -0.642. The number of ether oxygens (including phenoxy) is 2. The van der Waals surface area contributed by atoms with Crippen LogP contribution in [0, 0.1) is 18.7 Å². The molecule has 0 spiro atoms. The van der Waals surface area contributed by atoms with Gasteiger partial charge in [-0.25, -0.2) is 19.2 Å². The van der Waals surface area contributed by atoms with Gasteiger partial charge in [0.1, 0.15) is 11.9 Å². The molecule has 2 N–H and O–H groups in total. The van der Waals surface area contributed by atoms with Gasteiger partial charge in [0.15, 0.2) is 18.2 Å². The molecule has 3 heterocycles. The monoisotopic (exact) mass is 474 g/mol. The lowest BCUT2D eigenvalue weighted by molar-refractivity contribution is -0.118. The quantitative estimate of drug-likeness (QED) is 0.600. The molecule has 0 bridgehead atoms. The van der Waals surface area contributed by atoms with Crippen LogP contribution < -0.4 is 15.4 Å². The number of carbonyl (C=O) groups excluding carboxylic acids is 2. The summed E-state index contributed by atoms with van der Waals surface area (Å²) in [7, 11) is 2.02. The molecular formula is C23H31FN6O4. The number of nitrogens with zero attached hydrogens (tertiary/aromatic N) is 4. The van der Waals surface area contributed by atoms with Gasteiger partial charge in [-0.15, -0.1) is 0 Å². The number of nitrogens with one attached hydrogen (secondary N) is 2. The van der Waals surface area contributed by atoms with E-state index >= 15 is 0 Å². The Morgan fingerprint density at radius 3 is 2.94 bits per heavy atom. The van der Waals surface area contributed by atoms with Crippen LogP contribution in [0.4, 0.5) is 20.8 Å². The van der Waals surface area contributed by atoms with E-state index in [0.29, 0.717) is 18.8 Å². The number of aryl methyl sites for hydroxylation is 1. The van der Waals surface area contributed by atoms with Crippen molar-refractivity contribution in [1.82, 2.24) is 19.9 Å². The molecule has 0 radical (unpaired) electrons. The van der Waals surface area contributed by atoms with E-state index in [1.165, 1.54) is 12.4 Å². The lowest BCUT2D eigenvalue weighted by atomic mass is 10.1. The van der Waals surface area contributed by atoms with Crippen LogP contribution in [-0.4, -0.2) is 64.7 Å². The maximum Gasteiger partial charge on any atom is 0.413 e. The predicted octanol–water partition coefficient (Wildman–Crippen LogP) is 2.96. The number of rotatable bonds is 8. The van der Waals surface area contributed by atoms with Crippen LogP contribution in [-0.2, 0) is 22.4 Å². The molecular weight excluding hydrogens is 443 g/mol. The molecule has 2 aromatic heterocycles. The maximum atomic E-state index is 14.1. The number of amides is 2. The highest BCUT2D eigenvalue weighted by Gasteiger charge is 2.27. The normalized spacial score (nSPS) is 17.4. The first-order chi connectivity index (χ1) is 16.3. The van der Waals surface area contributed by atoms with Crippen LogP contribution in [0.25, 0.3) is 0 Å². The van der Waals surface area contributed by atoms with Crippen LogP contribution in [0.2, 0.25) is 0 Å². The number of aromatic nitrogens is 3. The van der Waals surface area contributed by atoms with E-state index < -0.39 is 6.09 Å². The van der Waals surface area contributed by atoms with Crippen molar-refractivity contribution >= 4 is 23.6 Å². The van der Waals surface area contributed by atoms with Gasteiger partial charge >= 0.3 is 6.09 Å². The molecule has 2 aromatic rings. The van der Waals surface area contributed by atoms with E-state index in [4.69, 9.17) is 9.47 Å². The van der Waals surface area contributed by atoms with Crippen molar-refractivity contribution < 1.29 is 24.9 Å². The highest BCUT2D eigenvalue weighted by molar-refractivity contribution is 5.94. The fraction of sp³-hybridized carbons (Fsp3) is 0.522. The summed E-state index contributed by atoms with van der Waals surface area (Å²) in [6.45, 7) is 5.33. The number of fused-ring (bicyclic) bond motifs is 2. The summed E-state index contributed by atoms with van der Waals surface area (Å²) in [6.07, 6.45) is 4.61.